The van der Waals surface area contributed by atoms with E-state index in [1.165, 1.54) is 6.07 Å². The molecule has 1 aromatic carbocycles. The van der Waals surface area contributed by atoms with E-state index in [9.17, 15) is 10.1 Å². The van der Waals surface area contributed by atoms with Gasteiger partial charge >= 0.3 is 5.69 Å². The van der Waals surface area contributed by atoms with Gasteiger partial charge in [0.15, 0.2) is 0 Å². The molecule has 0 aliphatic carbocycles. The van der Waals surface area contributed by atoms with Gasteiger partial charge in [-0.1, -0.05) is 34.1 Å². The van der Waals surface area contributed by atoms with Crippen LogP contribution in [-0.4, -0.2) is 24.0 Å². The van der Waals surface area contributed by atoms with Crippen molar-refractivity contribution in [1.82, 2.24) is 4.98 Å². The van der Waals surface area contributed by atoms with E-state index >= 15 is 0 Å². The Morgan fingerprint density at radius 2 is 2.05 bits per heavy atom. The Bertz CT molecular complexity index is 663. The number of hydrogen-bond donors (Lipinski definition) is 1. The SMILES string of the molecule is CNc1ccc([N+](=O)[O-])c(N(C)Cc2ccccc2Br)n1. The first-order valence-electron chi connectivity index (χ1n) is 6.30. The molecule has 1 N–H and O–H groups in total. The number of anilines is 2. The van der Waals surface area contributed by atoms with Crippen molar-refractivity contribution in [3.63, 3.8) is 0 Å². The molecule has 0 aliphatic rings. The van der Waals surface area contributed by atoms with Crippen LogP contribution >= 0.6 is 15.9 Å². The Hall–Kier alpha value is -2.15. The van der Waals surface area contributed by atoms with Gasteiger partial charge in [0.1, 0.15) is 5.82 Å². The molecule has 0 radical (unpaired) electrons. The summed E-state index contributed by atoms with van der Waals surface area (Å²) >= 11 is 3.48. The van der Waals surface area contributed by atoms with Crippen LogP contribution in [-0.2, 0) is 6.54 Å². The molecule has 1 heterocycles. The van der Waals surface area contributed by atoms with Gasteiger partial charge in [0.25, 0.3) is 0 Å². The number of pyridine rings is 1. The topological polar surface area (TPSA) is 71.3 Å². The Morgan fingerprint density at radius 3 is 2.67 bits per heavy atom. The highest BCUT2D eigenvalue weighted by Gasteiger charge is 2.20. The van der Waals surface area contributed by atoms with Crippen molar-refractivity contribution in [2.75, 3.05) is 24.3 Å². The highest BCUT2D eigenvalue weighted by atomic mass is 79.9. The molecule has 2 aromatic rings. The van der Waals surface area contributed by atoms with Crippen molar-refractivity contribution in [3.05, 3.63) is 56.5 Å². The lowest BCUT2D eigenvalue weighted by atomic mass is 10.2. The molecule has 7 heteroatoms. The van der Waals surface area contributed by atoms with Crippen LogP contribution in [0.25, 0.3) is 0 Å². The second-order valence-corrected chi connectivity index (χ2v) is 5.35. The monoisotopic (exact) mass is 350 g/mol. The van der Waals surface area contributed by atoms with Gasteiger partial charge in [-0.3, -0.25) is 10.1 Å². The number of nitrogens with one attached hydrogen (secondary N) is 1. The third kappa shape index (κ3) is 3.49. The lowest BCUT2D eigenvalue weighted by molar-refractivity contribution is -0.384. The molecular weight excluding hydrogens is 336 g/mol. The maximum absolute atomic E-state index is 11.2. The summed E-state index contributed by atoms with van der Waals surface area (Å²) in [6.07, 6.45) is 0. The quantitative estimate of drug-likeness (QED) is 0.660. The summed E-state index contributed by atoms with van der Waals surface area (Å²) in [4.78, 5) is 16.8. The van der Waals surface area contributed by atoms with Crippen LogP contribution in [0.5, 0.6) is 0 Å². The standard InChI is InChI=1S/C14H15BrN4O2/c1-16-13-8-7-12(19(20)21)14(17-13)18(2)9-10-5-3-4-6-11(10)15/h3-8H,9H2,1-2H3,(H,16,17). The van der Waals surface area contributed by atoms with Crippen molar-refractivity contribution in [2.45, 2.75) is 6.54 Å². The van der Waals surface area contributed by atoms with E-state index < -0.39 is 4.92 Å². The number of nitrogens with zero attached hydrogens (tertiary/aromatic N) is 3. The Morgan fingerprint density at radius 1 is 1.33 bits per heavy atom. The minimum Gasteiger partial charge on any atom is -0.373 e. The molecule has 0 aliphatic heterocycles. The Kier molecular flexibility index (Phi) is 4.74. The summed E-state index contributed by atoms with van der Waals surface area (Å²) in [5, 5.41) is 14.0. The lowest BCUT2D eigenvalue weighted by Gasteiger charge is -2.19. The van der Waals surface area contributed by atoms with Crippen LogP contribution in [0.15, 0.2) is 40.9 Å². The van der Waals surface area contributed by atoms with Crippen molar-refractivity contribution in [2.24, 2.45) is 0 Å². The molecule has 0 spiro atoms. The molecule has 110 valence electrons. The number of rotatable bonds is 5. The lowest BCUT2D eigenvalue weighted by Crippen LogP contribution is -2.19. The summed E-state index contributed by atoms with van der Waals surface area (Å²) in [6.45, 7) is 0.516. The van der Waals surface area contributed by atoms with Gasteiger partial charge in [0.05, 0.1) is 4.92 Å². The van der Waals surface area contributed by atoms with Crippen molar-refractivity contribution < 1.29 is 4.92 Å². The first-order chi connectivity index (χ1) is 10.0. The average molecular weight is 351 g/mol. The molecule has 0 amide bonds. The minimum atomic E-state index is -0.418. The van der Waals surface area contributed by atoms with Gasteiger partial charge in [0.2, 0.25) is 5.82 Å². The number of aromatic nitrogens is 1. The van der Waals surface area contributed by atoms with E-state index in [0.717, 1.165) is 10.0 Å². The summed E-state index contributed by atoms with van der Waals surface area (Å²) in [6, 6.07) is 10.8. The molecule has 6 nitrogen and oxygen atoms in total. The zero-order chi connectivity index (χ0) is 15.4. The molecule has 1 aromatic heterocycles. The normalized spacial score (nSPS) is 10.2. The molecule has 0 saturated heterocycles. The van der Waals surface area contributed by atoms with E-state index in [2.05, 4.69) is 26.2 Å². The van der Waals surface area contributed by atoms with Gasteiger partial charge < -0.3 is 10.2 Å². The molecule has 0 saturated carbocycles. The fourth-order valence-corrected chi connectivity index (χ4v) is 2.37. The van der Waals surface area contributed by atoms with Crippen molar-refractivity contribution >= 4 is 33.3 Å². The molecule has 0 atom stereocenters. The number of benzene rings is 1. The number of nitro groups is 1. The van der Waals surface area contributed by atoms with E-state index in [0.29, 0.717) is 18.2 Å². The molecule has 21 heavy (non-hydrogen) atoms. The van der Waals surface area contributed by atoms with Crippen LogP contribution < -0.4 is 10.2 Å². The van der Waals surface area contributed by atoms with Crippen LogP contribution in [0.4, 0.5) is 17.3 Å². The van der Waals surface area contributed by atoms with Crippen LogP contribution in [0.3, 0.4) is 0 Å². The third-order valence-corrected chi connectivity index (χ3v) is 3.81. The van der Waals surface area contributed by atoms with Gasteiger partial charge in [-0.05, 0) is 17.7 Å². The molecular formula is C14H15BrN4O2. The maximum atomic E-state index is 11.2. The van der Waals surface area contributed by atoms with Crippen molar-refractivity contribution in [1.29, 1.82) is 0 Å². The van der Waals surface area contributed by atoms with Crippen molar-refractivity contribution in [3.8, 4) is 0 Å². The fourth-order valence-electron chi connectivity index (χ4n) is 1.96. The van der Waals surface area contributed by atoms with Gasteiger partial charge in [-0.25, -0.2) is 4.98 Å². The zero-order valence-corrected chi connectivity index (χ0v) is 13.3. The zero-order valence-electron chi connectivity index (χ0n) is 11.7. The summed E-state index contributed by atoms with van der Waals surface area (Å²) < 4.78 is 0.962. The van der Waals surface area contributed by atoms with Gasteiger partial charge in [-0.15, -0.1) is 0 Å². The van der Waals surface area contributed by atoms with Crippen LogP contribution in [0.2, 0.25) is 0 Å². The minimum absolute atomic E-state index is 0.0106. The molecule has 0 bridgehead atoms. The maximum Gasteiger partial charge on any atom is 0.311 e. The number of hydrogen-bond acceptors (Lipinski definition) is 5. The van der Waals surface area contributed by atoms with E-state index in [1.807, 2.05) is 24.3 Å². The molecule has 0 unspecified atom stereocenters. The summed E-state index contributed by atoms with van der Waals surface area (Å²) in [5.41, 5.74) is 1.02. The second-order valence-electron chi connectivity index (χ2n) is 4.49. The van der Waals surface area contributed by atoms with E-state index in [1.54, 1.807) is 25.1 Å². The summed E-state index contributed by atoms with van der Waals surface area (Å²) in [5.74, 6) is 0.928. The highest BCUT2D eigenvalue weighted by Crippen LogP contribution is 2.28. The number of halogens is 1. The van der Waals surface area contributed by atoms with Crippen LogP contribution in [0.1, 0.15) is 5.56 Å². The highest BCUT2D eigenvalue weighted by molar-refractivity contribution is 9.10. The smallest absolute Gasteiger partial charge is 0.311 e. The first kappa shape index (κ1) is 15.2. The predicted octanol–water partition coefficient (Wildman–Crippen LogP) is 3.43. The Labute approximate surface area is 131 Å². The van der Waals surface area contributed by atoms with E-state index in [-0.39, 0.29) is 5.69 Å². The second kappa shape index (κ2) is 6.53. The first-order valence-corrected chi connectivity index (χ1v) is 7.10. The molecule has 0 fully saturated rings. The largest absolute Gasteiger partial charge is 0.373 e. The van der Waals surface area contributed by atoms with Gasteiger partial charge in [0, 0.05) is 31.2 Å². The van der Waals surface area contributed by atoms with E-state index in [4.69, 9.17) is 0 Å². The summed E-state index contributed by atoms with van der Waals surface area (Å²) in [7, 11) is 3.51. The van der Waals surface area contributed by atoms with Crippen LogP contribution in [0, 0.1) is 10.1 Å². The molecule has 2 rings (SSSR count). The predicted molar refractivity (Wildman–Crippen MR) is 86.7 cm³/mol. The Balaban J connectivity index is 2.35. The third-order valence-electron chi connectivity index (χ3n) is 3.03. The van der Waals surface area contributed by atoms with Gasteiger partial charge in [-0.2, -0.15) is 0 Å². The average Bonchev–Trinajstić information content (AvgIpc) is 2.48. The fraction of sp³-hybridized carbons (Fsp3) is 0.214.